The summed E-state index contributed by atoms with van der Waals surface area (Å²) in [5, 5.41) is 4.97. The van der Waals surface area contributed by atoms with E-state index in [-0.39, 0.29) is 19.6 Å². The molecule has 136 valence electrons. The van der Waals surface area contributed by atoms with Crippen LogP contribution in [-0.2, 0) is 14.3 Å². The van der Waals surface area contributed by atoms with Gasteiger partial charge in [0.15, 0.2) is 23.3 Å². The van der Waals surface area contributed by atoms with Crippen molar-refractivity contribution in [2.24, 2.45) is 5.11 Å². The number of carbonyl (C=O) groups is 1. The summed E-state index contributed by atoms with van der Waals surface area (Å²) in [6, 6.07) is 0. The number of azide groups is 1. The molecule has 0 aliphatic carbocycles. The molecule has 1 aromatic rings. The van der Waals surface area contributed by atoms with Crippen molar-refractivity contribution in [3.63, 3.8) is 0 Å². The molecule has 13 heteroatoms. The number of nitrogens with one attached hydrogen (secondary N) is 1. The summed E-state index contributed by atoms with van der Waals surface area (Å²) in [5.41, 5.74) is 5.02. The normalized spacial score (nSPS) is 10.9. The van der Waals surface area contributed by atoms with Gasteiger partial charge in [0.25, 0.3) is 16.0 Å². The fourth-order valence-corrected chi connectivity index (χ4v) is 1.98. The molecular formula is C12H10F4N4O4S. The molecule has 1 aromatic carbocycles. The smallest absolute Gasteiger partial charge is 0.289 e. The zero-order valence-electron chi connectivity index (χ0n) is 12.3. The van der Waals surface area contributed by atoms with E-state index >= 15 is 0 Å². The van der Waals surface area contributed by atoms with Gasteiger partial charge in [0, 0.05) is 11.5 Å². The summed E-state index contributed by atoms with van der Waals surface area (Å²) in [6.45, 7) is 2.30. The van der Waals surface area contributed by atoms with Gasteiger partial charge in [-0.25, -0.2) is 17.6 Å². The molecule has 0 aliphatic heterocycles. The van der Waals surface area contributed by atoms with E-state index in [9.17, 15) is 30.8 Å². The molecule has 0 heterocycles. The number of halogens is 4. The molecule has 0 fully saturated rings. The highest BCUT2D eigenvalue weighted by Crippen LogP contribution is 2.30. The summed E-state index contributed by atoms with van der Waals surface area (Å²) >= 11 is 0. The van der Waals surface area contributed by atoms with E-state index in [0.29, 0.717) is 5.41 Å². The number of carbonyl (C=O) groups excluding carboxylic acids is 1. The second-order valence-electron chi connectivity index (χ2n) is 4.26. The first-order valence-corrected chi connectivity index (χ1v) is 7.84. The van der Waals surface area contributed by atoms with Crippen LogP contribution in [0, 0.1) is 23.3 Å². The van der Waals surface area contributed by atoms with Gasteiger partial charge >= 0.3 is 0 Å². The summed E-state index contributed by atoms with van der Waals surface area (Å²) in [4.78, 5) is 13.7. The van der Waals surface area contributed by atoms with E-state index in [1.54, 1.807) is 0 Å². The fraction of sp³-hybridized carbons (Fsp3) is 0.250. The first kappa shape index (κ1) is 20.4. The van der Waals surface area contributed by atoms with Gasteiger partial charge in [-0.2, -0.15) is 8.42 Å². The third-order valence-electron chi connectivity index (χ3n) is 2.67. The van der Waals surface area contributed by atoms with Gasteiger partial charge in [-0.3, -0.25) is 8.98 Å². The molecule has 0 aliphatic rings. The number of rotatable bonds is 8. The van der Waals surface area contributed by atoms with Gasteiger partial charge in [-0.05, 0) is 12.0 Å². The number of hydrogen-bond acceptors (Lipinski definition) is 5. The highest BCUT2D eigenvalue weighted by molar-refractivity contribution is 7.89. The van der Waals surface area contributed by atoms with Crippen LogP contribution in [0.2, 0.25) is 0 Å². The van der Waals surface area contributed by atoms with Crippen LogP contribution >= 0.6 is 0 Å². The SMILES string of the molecule is C=CS(=O)(=O)OCCCNC(=O)c1c(F)c(F)c(N=[N+]=[N-])c(F)c1F. The molecule has 0 saturated carbocycles. The molecule has 0 radical (unpaired) electrons. The molecule has 8 nitrogen and oxygen atoms in total. The molecule has 1 amide bonds. The zero-order valence-corrected chi connectivity index (χ0v) is 13.1. The first-order valence-electron chi connectivity index (χ1n) is 6.37. The third kappa shape index (κ3) is 4.92. The zero-order chi connectivity index (χ0) is 19.2. The number of amides is 1. The van der Waals surface area contributed by atoms with E-state index in [2.05, 4.69) is 15.9 Å². The van der Waals surface area contributed by atoms with Crippen molar-refractivity contribution in [1.82, 2.24) is 5.32 Å². The van der Waals surface area contributed by atoms with E-state index < -0.39 is 50.5 Å². The Balaban J connectivity index is 2.86. The monoisotopic (exact) mass is 382 g/mol. The van der Waals surface area contributed by atoms with Gasteiger partial charge in [0.1, 0.15) is 11.3 Å². The summed E-state index contributed by atoms with van der Waals surface area (Å²) in [7, 11) is -3.92. The maximum absolute atomic E-state index is 13.7. The Kier molecular flexibility index (Phi) is 6.91. The van der Waals surface area contributed by atoms with Gasteiger partial charge < -0.3 is 5.32 Å². The lowest BCUT2D eigenvalue weighted by Gasteiger charge is -2.10. The van der Waals surface area contributed by atoms with Crippen LogP contribution in [0.15, 0.2) is 17.1 Å². The molecule has 0 unspecified atom stereocenters. The third-order valence-corrected chi connectivity index (χ3v) is 3.57. The average Bonchev–Trinajstić information content (AvgIpc) is 2.56. The maximum Gasteiger partial charge on any atom is 0.289 e. The van der Waals surface area contributed by atoms with Crippen LogP contribution in [0.4, 0.5) is 23.2 Å². The van der Waals surface area contributed by atoms with E-state index in [1.165, 1.54) is 0 Å². The molecule has 0 spiro atoms. The quantitative estimate of drug-likeness (QED) is 0.141. The highest BCUT2D eigenvalue weighted by atomic mass is 32.2. The van der Waals surface area contributed by atoms with Crippen molar-refractivity contribution < 1.29 is 35.0 Å². The Hall–Kier alpha value is -2.63. The molecule has 1 rings (SSSR count). The second-order valence-corrected chi connectivity index (χ2v) is 5.81. The van der Waals surface area contributed by atoms with Crippen molar-refractivity contribution in [3.05, 3.63) is 51.3 Å². The average molecular weight is 382 g/mol. The lowest BCUT2D eigenvalue weighted by atomic mass is 10.1. The van der Waals surface area contributed by atoms with E-state index in [1.807, 2.05) is 10.2 Å². The summed E-state index contributed by atoms with van der Waals surface area (Å²) in [5.74, 6) is -9.62. The minimum Gasteiger partial charge on any atom is -0.352 e. The van der Waals surface area contributed by atoms with Crippen LogP contribution in [0.25, 0.3) is 10.4 Å². The Morgan fingerprint density at radius 3 is 2.28 bits per heavy atom. The summed E-state index contributed by atoms with van der Waals surface area (Å²) < 4.78 is 80.7. The van der Waals surface area contributed by atoms with Crippen molar-refractivity contribution in [3.8, 4) is 0 Å². The Morgan fingerprint density at radius 1 is 1.24 bits per heavy atom. The van der Waals surface area contributed by atoms with Crippen molar-refractivity contribution in [2.75, 3.05) is 13.2 Å². The lowest BCUT2D eigenvalue weighted by Crippen LogP contribution is -2.28. The molecular weight excluding hydrogens is 372 g/mol. The van der Waals surface area contributed by atoms with Crippen molar-refractivity contribution in [2.45, 2.75) is 6.42 Å². The Labute approximate surface area is 138 Å². The number of hydrogen-bond donors (Lipinski definition) is 1. The minimum atomic E-state index is -3.92. The maximum atomic E-state index is 13.7. The number of nitrogens with zero attached hydrogens (tertiary/aromatic N) is 3. The van der Waals surface area contributed by atoms with Gasteiger partial charge in [-0.15, -0.1) is 0 Å². The van der Waals surface area contributed by atoms with E-state index in [0.717, 1.165) is 0 Å². The van der Waals surface area contributed by atoms with Crippen LogP contribution in [0.3, 0.4) is 0 Å². The number of benzene rings is 1. The van der Waals surface area contributed by atoms with Crippen molar-refractivity contribution >= 4 is 21.7 Å². The predicted octanol–water partition coefficient (Wildman–Crippen LogP) is 2.79. The molecule has 0 bridgehead atoms. The van der Waals surface area contributed by atoms with Crippen molar-refractivity contribution in [1.29, 1.82) is 0 Å². The fourth-order valence-electron chi connectivity index (χ4n) is 1.54. The standard InChI is InChI=1S/C12H10F4N4O4S/c1-2-25(22,23)24-5-3-4-18-12(21)6-7(13)9(15)11(19-20-17)10(16)8(6)14/h2H,1,3-5H2,(H,18,21). The molecule has 0 atom stereocenters. The van der Waals surface area contributed by atoms with Gasteiger partial charge in [-0.1, -0.05) is 11.7 Å². The molecule has 1 N–H and O–H groups in total. The topological polar surface area (TPSA) is 121 Å². The largest absolute Gasteiger partial charge is 0.352 e. The molecule has 25 heavy (non-hydrogen) atoms. The molecule has 0 aromatic heterocycles. The summed E-state index contributed by atoms with van der Waals surface area (Å²) in [6.07, 6.45) is -0.0934. The van der Waals surface area contributed by atoms with E-state index in [4.69, 9.17) is 5.53 Å². The predicted molar refractivity (Wildman–Crippen MR) is 77.1 cm³/mol. The van der Waals surface area contributed by atoms with Crippen LogP contribution in [-0.4, -0.2) is 27.5 Å². The first-order chi connectivity index (χ1) is 11.7. The Morgan fingerprint density at radius 2 is 1.80 bits per heavy atom. The van der Waals surface area contributed by atoms with Crippen LogP contribution in [0.1, 0.15) is 16.8 Å². The molecule has 0 saturated heterocycles. The van der Waals surface area contributed by atoms with Gasteiger partial charge in [0.2, 0.25) is 0 Å². The van der Waals surface area contributed by atoms with Crippen LogP contribution < -0.4 is 5.32 Å². The van der Waals surface area contributed by atoms with Gasteiger partial charge in [0.05, 0.1) is 12.0 Å². The lowest BCUT2D eigenvalue weighted by molar-refractivity contribution is 0.0941. The van der Waals surface area contributed by atoms with Crippen LogP contribution in [0.5, 0.6) is 0 Å². The minimum absolute atomic E-state index is 0.0934. The highest BCUT2D eigenvalue weighted by Gasteiger charge is 2.28. The second kappa shape index (κ2) is 8.46. The Bertz CT molecular complexity index is 824.